The number of hydrogen-bond donors (Lipinski definition) is 1. The van der Waals surface area contributed by atoms with Gasteiger partial charge in [-0.2, -0.15) is 0 Å². The van der Waals surface area contributed by atoms with E-state index in [1.807, 2.05) is 6.92 Å². The zero-order valence-electron chi connectivity index (χ0n) is 15.3. The molecule has 0 amide bonds. The second-order valence-corrected chi connectivity index (χ2v) is 6.85. The number of nitrogens with zero attached hydrogens (tertiary/aromatic N) is 4. The van der Waals surface area contributed by atoms with Gasteiger partial charge in [-0.1, -0.05) is 17.7 Å². The van der Waals surface area contributed by atoms with Gasteiger partial charge in [0.15, 0.2) is 0 Å². The lowest BCUT2D eigenvalue weighted by atomic mass is 10.1. The molecule has 0 aliphatic carbocycles. The molecule has 0 radical (unpaired) electrons. The van der Waals surface area contributed by atoms with E-state index in [0.29, 0.717) is 0 Å². The van der Waals surface area contributed by atoms with Crippen LogP contribution in [0.4, 0.5) is 17.3 Å². The van der Waals surface area contributed by atoms with Gasteiger partial charge in [0.05, 0.1) is 0 Å². The Kier molecular flexibility index (Phi) is 4.71. The van der Waals surface area contributed by atoms with E-state index < -0.39 is 0 Å². The van der Waals surface area contributed by atoms with E-state index in [4.69, 9.17) is 0 Å². The SMILES string of the molecule is Cc1cc(C)c(Nc2cc(N3CCN(C)CC3)nc(C)n2)c(C)c1. The first kappa shape index (κ1) is 16.7. The molecule has 1 aliphatic heterocycles. The Morgan fingerprint density at radius 1 is 0.875 bits per heavy atom. The van der Waals surface area contributed by atoms with Gasteiger partial charge in [0.2, 0.25) is 0 Å². The Labute approximate surface area is 144 Å². The van der Waals surface area contributed by atoms with E-state index in [1.54, 1.807) is 0 Å². The molecule has 2 aromatic rings. The number of aryl methyl sites for hydroxylation is 4. The Morgan fingerprint density at radius 2 is 1.50 bits per heavy atom. The summed E-state index contributed by atoms with van der Waals surface area (Å²) in [5.74, 6) is 2.68. The third-order valence-electron chi connectivity index (χ3n) is 4.58. The van der Waals surface area contributed by atoms with Crippen molar-refractivity contribution in [2.45, 2.75) is 27.7 Å². The van der Waals surface area contributed by atoms with Crippen molar-refractivity contribution in [3.05, 3.63) is 40.7 Å². The molecule has 24 heavy (non-hydrogen) atoms. The van der Waals surface area contributed by atoms with Crippen LogP contribution in [0.15, 0.2) is 18.2 Å². The van der Waals surface area contributed by atoms with Crippen molar-refractivity contribution in [3.8, 4) is 0 Å². The molecular weight excluding hydrogens is 298 g/mol. The normalized spacial score (nSPS) is 15.6. The van der Waals surface area contributed by atoms with Crippen LogP contribution in [-0.2, 0) is 0 Å². The summed E-state index contributed by atoms with van der Waals surface area (Å²) < 4.78 is 0. The second kappa shape index (κ2) is 6.77. The fraction of sp³-hybridized carbons (Fsp3) is 0.474. The van der Waals surface area contributed by atoms with Crippen LogP contribution < -0.4 is 10.2 Å². The van der Waals surface area contributed by atoms with Gasteiger partial charge in [0, 0.05) is 37.9 Å². The van der Waals surface area contributed by atoms with Gasteiger partial charge in [0.1, 0.15) is 17.5 Å². The number of aromatic nitrogens is 2. The van der Waals surface area contributed by atoms with Crippen LogP contribution in [-0.4, -0.2) is 48.1 Å². The first-order valence-electron chi connectivity index (χ1n) is 8.56. The molecule has 1 N–H and O–H groups in total. The lowest BCUT2D eigenvalue weighted by Gasteiger charge is -2.33. The summed E-state index contributed by atoms with van der Waals surface area (Å²) in [7, 11) is 2.17. The highest BCUT2D eigenvalue weighted by molar-refractivity contribution is 5.66. The van der Waals surface area contributed by atoms with Gasteiger partial charge in [-0.05, 0) is 45.9 Å². The maximum atomic E-state index is 4.64. The minimum atomic E-state index is 0.802. The number of benzene rings is 1. The van der Waals surface area contributed by atoms with Crippen LogP contribution in [0.1, 0.15) is 22.5 Å². The molecule has 128 valence electrons. The van der Waals surface area contributed by atoms with Crippen molar-refractivity contribution in [2.24, 2.45) is 0 Å². The van der Waals surface area contributed by atoms with Crippen molar-refractivity contribution >= 4 is 17.3 Å². The molecule has 1 fully saturated rings. The zero-order valence-corrected chi connectivity index (χ0v) is 15.3. The van der Waals surface area contributed by atoms with E-state index in [-0.39, 0.29) is 0 Å². The molecule has 5 nitrogen and oxygen atoms in total. The average molecular weight is 325 g/mol. The minimum absolute atomic E-state index is 0.802. The number of piperazine rings is 1. The molecule has 0 atom stereocenters. The number of nitrogens with one attached hydrogen (secondary N) is 1. The highest BCUT2D eigenvalue weighted by atomic mass is 15.3. The molecule has 0 unspecified atom stereocenters. The minimum Gasteiger partial charge on any atom is -0.354 e. The van der Waals surface area contributed by atoms with Gasteiger partial charge in [-0.3, -0.25) is 0 Å². The summed E-state index contributed by atoms with van der Waals surface area (Å²) in [6, 6.07) is 6.46. The van der Waals surface area contributed by atoms with Gasteiger partial charge >= 0.3 is 0 Å². The predicted molar refractivity (Wildman–Crippen MR) is 100 cm³/mol. The van der Waals surface area contributed by atoms with Crippen molar-refractivity contribution in [3.63, 3.8) is 0 Å². The molecule has 0 saturated carbocycles. The number of anilines is 3. The van der Waals surface area contributed by atoms with Crippen LogP contribution in [0.25, 0.3) is 0 Å². The van der Waals surface area contributed by atoms with E-state index >= 15 is 0 Å². The van der Waals surface area contributed by atoms with Crippen LogP contribution in [0.5, 0.6) is 0 Å². The molecule has 1 aromatic carbocycles. The maximum Gasteiger partial charge on any atom is 0.136 e. The summed E-state index contributed by atoms with van der Waals surface area (Å²) >= 11 is 0. The van der Waals surface area contributed by atoms with E-state index in [0.717, 1.165) is 49.3 Å². The van der Waals surface area contributed by atoms with Gasteiger partial charge < -0.3 is 15.1 Å². The van der Waals surface area contributed by atoms with Crippen molar-refractivity contribution < 1.29 is 0 Å². The molecule has 0 spiro atoms. The quantitative estimate of drug-likeness (QED) is 0.939. The summed E-state index contributed by atoms with van der Waals surface area (Å²) in [6.45, 7) is 12.5. The molecule has 3 rings (SSSR count). The fourth-order valence-electron chi connectivity index (χ4n) is 3.32. The monoisotopic (exact) mass is 325 g/mol. The molecule has 1 aromatic heterocycles. The molecule has 5 heteroatoms. The smallest absolute Gasteiger partial charge is 0.136 e. The highest BCUT2D eigenvalue weighted by Gasteiger charge is 2.17. The largest absolute Gasteiger partial charge is 0.354 e. The molecule has 1 aliphatic rings. The van der Waals surface area contributed by atoms with Crippen LogP contribution >= 0.6 is 0 Å². The standard InChI is InChI=1S/C19H27N5/c1-13-10-14(2)19(15(3)11-13)22-17-12-18(21-16(4)20-17)24-8-6-23(5)7-9-24/h10-12H,6-9H2,1-5H3,(H,20,21,22). The van der Waals surface area contributed by atoms with Crippen LogP contribution in [0.3, 0.4) is 0 Å². The van der Waals surface area contributed by atoms with Gasteiger partial charge in [-0.25, -0.2) is 9.97 Å². The Balaban J connectivity index is 1.87. The number of rotatable bonds is 3. The number of hydrogen-bond acceptors (Lipinski definition) is 5. The molecule has 1 saturated heterocycles. The topological polar surface area (TPSA) is 44.3 Å². The third-order valence-corrected chi connectivity index (χ3v) is 4.58. The average Bonchev–Trinajstić information content (AvgIpc) is 2.51. The van der Waals surface area contributed by atoms with Crippen molar-refractivity contribution in [1.29, 1.82) is 0 Å². The highest BCUT2D eigenvalue weighted by Crippen LogP contribution is 2.26. The van der Waals surface area contributed by atoms with Crippen molar-refractivity contribution in [1.82, 2.24) is 14.9 Å². The van der Waals surface area contributed by atoms with Gasteiger partial charge in [-0.15, -0.1) is 0 Å². The summed E-state index contributed by atoms with van der Waals surface area (Å²) in [4.78, 5) is 13.9. The second-order valence-electron chi connectivity index (χ2n) is 6.85. The van der Waals surface area contributed by atoms with Crippen LogP contribution in [0.2, 0.25) is 0 Å². The lowest BCUT2D eigenvalue weighted by Crippen LogP contribution is -2.44. The third kappa shape index (κ3) is 3.67. The Bertz CT molecular complexity index is 710. The number of likely N-dealkylation sites (N-methyl/N-ethyl adjacent to an activating group) is 1. The molecular formula is C19H27N5. The first-order chi connectivity index (χ1) is 11.4. The summed E-state index contributed by atoms with van der Waals surface area (Å²) in [5, 5.41) is 3.51. The predicted octanol–water partition coefficient (Wildman–Crippen LogP) is 3.21. The van der Waals surface area contributed by atoms with E-state index in [1.165, 1.54) is 16.7 Å². The fourth-order valence-corrected chi connectivity index (χ4v) is 3.32. The summed E-state index contributed by atoms with van der Waals surface area (Å²) in [5.41, 5.74) is 4.91. The maximum absolute atomic E-state index is 4.64. The first-order valence-corrected chi connectivity index (χ1v) is 8.56. The van der Waals surface area contributed by atoms with Crippen LogP contribution in [0, 0.1) is 27.7 Å². The van der Waals surface area contributed by atoms with Crippen molar-refractivity contribution in [2.75, 3.05) is 43.4 Å². The zero-order chi connectivity index (χ0) is 17.3. The van der Waals surface area contributed by atoms with Gasteiger partial charge in [0.25, 0.3) is 0 Å². The molecule has 2 heterocycles. The van der Waals surface area contributed by atoms with E-state index in [2.05, 4.69) is 71.1 Å². The van der Waals surface area contributed by atoms with E-state index in [9.17, 15) is 0 Å². The Hall–Kier alpha value is -2.14. The Morgan fingerprint density at radius 3 is 2.12 bits per heavy atom. The summed E-state index contributed by atoms with van der Waals surface area (Å²) in [6.07, 6.45) is 0. The molecule has 0 bridgehead atoms. The lowest BCUT2D eigenvalue weighted by molar-refractivity contribution is 0.312.